The Hall–Kier alpha value is -0.950. The van der Waals surface area contributed by atoms with E-state index in [9.17, 15) is 0 Å². The van der Waals surface area contributed by atoms with Gasteiger partial charge in [0.25, 0.3) is 0 Å². The molecule has 2 heteroatoms. The van der Waals surface area contributed by atoms with Gasteiger partial charge in [-0.3, -0.25) is 0 Å². The fraction of sp³-hybridized carbons (Fsp3) is 0.273. The minimum absolute atomic E-state index is 0.806. The number of hydrogen-bond donors (Lipinski definition) is 0. The molecule has 1 heterocycles. The monoisotopic (exact) mass is 193 g/mol. The highest BCUT2D eigenvalue weighted by molar-refractivity contribution is 6.30. The van der Waals surface area contributed by atoms with Crippen molar-refractivity contribution in [1.29, 1.82) is 0 Å². The Kier molecular flexibility index (Phi) is 2.55. The van der Waals surface area contributed by atoms with E-state index in [-0.39, 0.29) is 0 Å². The van der Waals surface area contributed by atoms with Gasteiger partial charge in [-0.2, -0.15) is 0 Å². The first kappa shape index (κ1) is 8.64. The Labute approximate surface area is 83.6 Å². The summed E-state index contributed by atoms with van der Waals surface area (Å²) in [4.78, 5) is 2.31. The summed E-state index contributed by atoms with van der Waals surface area (Å²) in [7, 11) is 0. The van der Waals surface area contributed by atoms with E-state index in [1.165, 1.54) is 12.0 Å². The van der Waals surface area contributed by atoms with Crippen LogP contribution in [0.25, 0.3) is 0 Å². The summed E-state index contributed by atoms with van der Waals surface area (Å²) in [6.07, 6.45) is 5.54. The predicted molar refractivity (Wildman–Crippen MR) is 55.6 cm³/mol. The van der Waals surface area contributed by atoms with Crippen molar-refractivity contribution < 1.29 is 0 Å². The van der Waals surface area contributed by atoms with Gasteiger partial charge in [0, 0.05) is 18.1 Å². The molecule has 0 aliphatic carbocycles. The molecule has 1 nitrogen and oxygen atoms in total. The molecule has 0 N–H and O–H groups in total. The normalized spacial score (nSPS) is 15.3. The maximum absolute atomic E-state index is 5.80. The van der Waals surface area contributed by atoms with Crippen molar-refractivity contribution in [3.8, 4) is 0 Å². The Morgan fingerprint density at radius 1 is 1.23 bits per heavy atom. The third-order valence-electron chi connectivity index (χ3n) is 2.20. The first-order valence-corrected chi connectivity index (χ1v) is 4.87. The lowest BCUT2D eigenvalue weighted by atomic mass is 10.2. The largest absolute Gasteiger partial charge is 0.373 e. The molecule has 1 aromatic carbocycles. The van der Waals surface area contributed by atoms with Crippen LogP contribution in [0.4, 0.5) is 0 Å². The van der Waals surface area contributed by atoms with Gasteiger partial charge in [-0.25, -0.2) is 0 Å². The van der Waals surface area contributed by atoms with Crippen LogP contribution in [-0.2, 0) is 6.54 Å². The summed E-state index contributed by atoms with van der Waals surface area (Å²) < 4.78 is 0. The Balaban J connectivity index is 2.01. The summed E-state index contributed by atoms with van der Waals surface area (Å²) in [5, 5.41) is 0.806. The van der Waals surface area contributed by atoms with E-state index in [4.69, 9.17) is 11.6 Å². The number of halogens is 1. The van der Waals surface area contributed by atoms with Gasteiger partial charge >= 0.3 is 0 Å². The van der Waals surface area contributed by atoms with Gasteiger partial charge in [0.15, 0.2) is 0 Å². The van der Waals surface area contributed by atoms with Crippen LogP contribution in [0.2, 0.25) is 5.02 Å². The molecule has 0 saturated heterocycles. The van der Waals surface area contributed by atoms with Crippen LogP contribution >= 0.6 is 11.6 Å². The van der Waals surface area contributed by atoms with Crippen LogP contribution in [0.15, 0.2) is 36.5 Å². The van der Waals surface area contributed by atoms with Crippen LogP contribution in [0.3, 0.4) is 0 Å². The molecule has 0 aromatic heterocycles. The lowest BCUT2D eigenvalue weighted by Gasteiger charge is -2.14. The zero-order valence-electron chi connectivity index (χ0n) is 7.41. The zero-order valence-corrected chi connectivity index (χ0v) is 8.17. The number of rotatable bonds is 2. The van der Waals surface area contributed by atoms with E-state index in [2.05, 4.69) is 29.3 Å². The van der Waals surface area contributed by atoms with E-state index < -0.39 is 0 Å². The number of benzene rings is 1. The summed E-state index contributed by atoms with van der Waals surface area (Å²) in [6.45, 7) is 2.14. The maximum atomic E-state index is 5.80. The lowest BCUT2D eigenvalue weighted by Crippen LogP contribution is -2.13. The van der Waals surface area contributed by atoms with Crippen molar-refractivity contribution in [3.05, 3.63) is 47.1 Å². The molecule has 2 rings (SSSR count). The van der Waals surface area contributed by atoms with E-state index in [1.54, 1.807) is 0 Å². The highest BCUT2D eigenvalue weighted by atomic mass is 35.5. The summed E-state index contributed by atoms with van der Waals surface area (Å²) in [5.41, 5.74) is 1.32. The topological polar surface area (TPSA) is 3.24 Å². The second-order valence-electron chi connectivity index (χ2n) is 3.27. The van der Waals surface area contributed by atoms with Crippen LogP contribution in [-0.4, -0.2) is 11.4 Å². The van der Waals surface area contributed by atoms with Crippen LogP contribution in [0, 0.1) is 0 Å². The average Bonchev–Trinajstić information content (AvgIpc) is 2.62. The predicted octanol–water partition coefficient (Wildman–Crippen LogP) is 3.06. The third-order valence-corrected chi connectivity index (χ3v) is 2.45. The Morgan fingerprint density at radius 2 is 2.00 bits per heavy atom. The molecule has 0 fully saturated rings. The summed E-state index contributed by atoms with van der Waals surface area (Å²) in [6, 6.07) is 8.04. The van der Waals surface area contributed by atoms with E-state index in [0.717, 1.165) is 18.1 Å². The van der Waals surface area contributed by atoms with Crippen LogP contribution in [0.5, 0.6) is 0 Å². The summed E-state index contributed by atoms with van der Waals surface area (Å²) >= 11 is 5.80. The molecular weight excluding hydrogens is 182 g/mol. The Morgan fingerprint density at radius 3 is 2.62 bits per heavy atom. The first-order chi connectivity index (χ1) is 6.34. The van der Waals surface area contributed by atoms with Gasteiger partial charge < -0.3 is 4.90 Å². The van der Waals surface area contributed by atoms with E-state index in [1.807, 2.05) is 12.1 Å². The molecule has 0 radical (unpaired) electrons. The molecule has 0 amide bonds. The molecule has 68 valence electrons. The fourth-order valence-corrected chi connectivity index (χ4v) is 1.62. The number of nitrogens with zero attached hydrogens (tertiary/aromatic N) is 1. The standard InChI is InChI=1S/C11H12ClN/c12-11-5-3-10(4-6-11)9-13-7-1-2-8-13/h1,3-7H,2,8-9H2. The van der Waals surface area contributed by atoms with Gasteiger partial charge in [-0.1, -0.05) is 29.8 Å². The van der Waals surface area contributed by atoms with Crippen molar-refractivity contribution in [2.75, 3.05) is 6.54 Å². The molecule has 0 unspecified atom stereocenters. The second-order valence-corrected chi connectivity index (χ2v) is 3.71. The number of hydrogen-bond acceptors (Lipinski definition) is 1. The van der Waals surface area contributed by atoms with Crippen LogP contribution in [0.1, 0.15) is 12.0 Å². The third kappa shape index (κ3) is 2.25. The van der Waals surface area contributed by atoms with Gasteiger partial charge in [-0.15, -0.1) is 0 Å². The van der Waals surface area contributed by atoms with Gasteiger partial charge in [0.1, 0.15) is 0 Å². The molecule has 0 spiro atoms. The van der Waals surface area contributed by atoms with Crippen molar-refractivity contribution in [2.24, 2.45) is 0 Å². The Bertz CT molecular complexity index is 302. The minimum Gasteiger partial charge on any atom is -0.373 e. The SMILES string of the molecule is Clc1ccc(CN2C=CCC2)cc1. The highest BCUT2D eigenvalue weighted by Gasteiger charge is 2.04. The minimum atomic E-state index is 0.806. The molecule has 13 heavy (non-hydrogen) atoms. The van der Waals surface area contributed by atoms with Crippen molar-refractivity contribution >= 4 is 11.6 Å². The van der Waals surface area contributed by atoms with Crippen molar-refractivity contribution in [1.82, 2.24) is 4.90 Å². The molecular formula is C11H12ClN. The van der Waals surface area contributed by atoms with Gasteiger partial charge in [0.2, 0.25) is 0 Å². The van der Waals surface area contributed by atoms with Crippen molar-refractivity contribution in [3.63, 3.8) is 0 Å². The molecule has 0 bridgehead atoms. The molecule has 1 aliphatic rings. The van der Waals surface area contributed by atoms with Crippen LogP contribution < -0.4 is 0 Å². The smallest absolute Gasteiger partial charge is 0.0423 e. The average molecular weight is 194 g/mol. The quantitative estimate of drug-likeness (QED) is 0.698. The molecule has 1 aliphatic heterocycles. The van der Waals surface area contributed by atoms with Gasteiger partial charge in [-0.05, 0) is 30.3 Å². The fourth-order valence-electron chi connectivity index (χ4n) is 1.49. The molecule has 0 atom stereocenters. The molecule has 0 saturated carbocycles. The molecule has 1 aromatic rings. The first-order valence-electron chi connectivity index (χ1n) is 4.50. The van der Waals surface area contributed by atoms with Crippen molar-refractivity contribution in [2.45, 2.75) is 13.0 Å². The summed E-state index contributed by atoms with van der Waals surface area (Å²) in [5.74, 6) is 0. The lowest BCUT2D eigenvalue weighted by molar-refractivity contribution is 0.400. The highest BCUT2D eigenvalue weighted by Crippen LogP contribution is 2.13. The van der Waals surface area contributed by atoms with E-state index >= 15 is 0 Å². The van der Waals surface area contributed by atoms with E-state index in [0.29, 0.717) is 0 Å². The second kappa shape index (κ2) is 3.84. The van der Waals surface area contributed by atoms with Gasteiger partial charge in [0.05, 0.1) is 0 Å². The zero-order chi connectivity index (χ0) is 9.10. The maximum Gasteiger partial charge on any atom is 0.0423 e.